The van der Waals surface area contributed by atoms with Gasteiger partial charge in [-0.15, -0.1) is 0 Å². The van der Waals surface area contributed by atoms with E-state index in [4.69, 9.17) is 28.3 Å². The zero-order valence-electron chi connectivity index (χ0n) is 10.5. The Bertz CT molecular complexity index is 684. The number of aromatic carboxylic acids is 1. The second-order valence-electron chi connectivity index (χ2n) is 4.21. The quantitative estimate of drug-likeness (QED) is 0.612. The number of carbonyl (C=O) groups is 1. The van der Waals surface area contributed by atoms with Crippen LogP contribution in [-0.4, -0.2) is 11.1 Å². The maximum absolute atomic E-state index is 10.9. The molecule has 0 aromatic heterocycles. The Kier molecular flexibility index (Phi) is 5.54. The lowest BCUT2D eigenvalue weighted by molar-refractivity contribution is 0.0697. The van der Waals surface area contributed by atoms with Gasteiger partial charge in [0.2, 0.25) is 0 Å². The zero-order chi connectivity index (χ0) is 15.6. The molecule has 0 unspecified atom stereocenters. The number of anilines is 1. The molecule has 0 aliphatic heterocycles. The predicted molar refractivity (Wildman–Crippen MR) is 92.6 cm³/mol. The number of halogens is 4. The molecule has 0 bridgehead atoms. The van der Waals surface area contributed by atoms with Gasteiger partial charge >= 0.3 is 5.97 Å². The van der Waals surface area contributed by atoms with Crippen molar-refractivity contribution in [3.8, 4) is 0 Å². The van der Waals surface area contributed by atoms with E-state index in [1.54, 1.807) is 30.3 Å². The second kappa shape index (κ2) is 7.01. The maximum atomic E-state index is 10.9. The highest BCUT2D eigenvalue weighted by atomic mass is 79.9. The van der Waals surface area contributed by atoms with Crippen LogP contribution in [-0.2, 0) is 6.54 Å². The Morgan fingerprint density at radius 1 is 1.14 bits per heavy atom. The maximum Gasteiger partial charge on any atom is 0.335 e. The van der Waals surface area contributed by atoms with Gasteiger partial charge in [-0.2, -0.15) is 0 Å². The fraction of sp³-hybridized carbons (Fsp3) is 0.0714. The summed E-state index contributed by atoms with van der Waals surface area (Å²) in [6.07, 6.45) is 0. The van der Waals surface area contributed by atoms with Gasteiger partial charge in [-0.05, 0) is 29.8 Å². The SMILES string of the molecule is O=C(O)c1ccc(CNc2c(Cl)cc(Br)cc2Cl)c(Br)c1. The third-order valence-corrected chi connectivity index (χ3v) is 4.55. The molecule has 0 aliphatic carbocycles. The lowest BCUT2D eigenvalue weighted by Gasteiger charge is -2.12. The van der Waals surface area contributed by atoms with Gasteiger partial charge in [-0.25, -0.2) is 4.79 Å². The van der Waals surface area contributed by atoms with Crippen molar-refractivity contribution in [2.75, 3.05) is 5.32 Å². The smallest absolute Gasteiger partial charge is 0.335 e. The van der Waals surface area contributed by atoms with E-state index in [0.717, 1.165) is 10.0 Å². The summed E-state index contributed by atoms with van der Waals surface area (Å²) in [5.41, 5.74) is 1.76. The van der Waals surface area contributed by atoms with Crippen molar-refractivity contribution in [3.63, 3.8) is 0 Å². The molecule has 0 heterocycles. The van der Waals surface area contributed by atoms with Gasteiger partial charge < -0.3 is 10.4 Å². The standard InChI is InChI=1S/C14H9Br2Cl2NO2/c15-9-4-11(17)13(12(18)5-9)19-6-8-2-1-7(14(20)21)3-10(8)16/h1-5,19H,6H2,(H,20,21). The van der Waals surface area contributed by atoms with Gasteiger partial charge in [0.25, 0.3) is 0 Å². The number of carboxylic acids is 1. The summed E-state index contributed by atoms with van der Waals surface area (Å²) in [6.45, 7) is 0.460. The number of benzene rings is 2. The first-order valence-electron chi connectivity index (χ1n) is 5.78. The van der Waals surface area contributed by atoms with E-state index in [2.05, 4.69) is 37.2 Å². The number of hydrogen-bond donors (Lipinski definition) is 2. The van der Waals surface area contributed by atoms with Crippen LogP contribution in [0.1, 0.15) is 15.9 Å². The van der Waals surface area contributed by atoms with Gasteiger partial charge in [0.15, 0.2) is 0 Å². The molecule has 2 rings (SSSR count). The van der Waals surface area contributed by atoms with E-state index in [0.29, 0.717) is 26.8 Å². The molecule has 0 aliphatic rings. The second-order valence-corrected chi connectivity index (χ2v) is 6.79. The number of carboxylic acid groups (broad SMARTS) is 1. The van der Waals surface area contributed by atoms with E-state index in [1.807, 2.05) is 0 Å². The average Bonchev–Trinajstić information content (AvgIpc) is 2.38. The minimum atomic E-state index is -0.964. The van der Waals surface area contributed by atoms with Gasteiger partial charge in [-0.1, -0.05) is 61.1 Å². The lowest BCUT2D eigenvalue weighted by atomic mass is 10.1. The van der Waals surface area contributed by atoms with E-state index in [1.165, 1.54) is 0 Å². The van der Waals surface area contributed by atoms with Crippen molar-refractivity contribution in [3.05, 3.63) is 60.4 Å². The van der Waals surface area contributed by atoms with Crippen molar-refractivity contribution in [2.45, 2.75) is 6.54 Å². The average molecular weight is 454 g/mol. The van der Waals surface area contributed by atoms with Crippen LogP contribution in [0, 0.1) is 0 Å². The molecular formula is C14H9Br2Cl2NO2. The fourth-order valence-electron chi connectivity index (χ4n) is 1.72. The molecule has 110 valence electrons. The fourth-order valence-corrected chi connectivity index (χ4v) is 3.58. The van der Waals surface area contributed by atoms with Crippen molar-refractivity contribution < 1.29 is 9.90 Å². The molecule has 0 spiro atoms. The monoisotopic (exact) mass is 451 g/mol. The molecule has 2 N–H and O–H groups in total. The Labute approximate surface area is 148 Å². The molecule has 0 radical (unpaired) electrons. The van der Waals surface area contributed by atoms with Crippen LogP contribution < -0.4 is 5.32 Å². The summed E-state index contributed by atoms with van der Waals surface area (Å²) >= 11 is 19.0. The molecule has 3 nitrogen and oxygen atoms in total. The molecule has 0 saturated heterocycles. The van der Waals surface area contributed by atoms with Gasteiger partial charge in [0.05, 0.1) is 21.3 Å². The molecule has 2 aromatic carbocycles. The summed E-state index contributed by atoms with van der Waals surface area (Å²) in [4.78, 5) is 10.9. The van der Waals surface area contributed by atoms with Crippen LogP contribution in [0.2, 0.25) is 10.0 Å². The highest BCUT2D eigenvalue weighted by Crippen LogP contribution is 2.34. The van der Waals surface area contributed by atoms with Crippen molar-refractivity contribution >= 4 is 66.7 Å². The predicted octanol–water partition coefficient (Wildman–Crippen LogP) is 5.83. The molecule has 21 heavy (non-hydrogen) atoms. The topological polar surface area (TPSA) is 49.3 Å². The van der Waals surface area contributed by atoms with Crippen LogP contribution in [0.15, 0.2) is 39.3 Å². The first-order valence-corrected chi connectivity index (χ1v) is 8.13. The van der Waals surface area contributed by atoms with Crippen LogP contribution in [0.4, 0.5) is 5.69 Å². The Morgan fingerprint density at radius 2 is 1.76 bits per heavy atom. The summed E-state index contributed by atoms with van der Waals surface area (Å²) in [5, 5.41) is 13.1. The summed E-state index contributed by atoms with van der Waals surface area (Å²) in [7, 11) is 0. The first kappa shape index (κ1) is 16.6. The van der Waals surface area contributed by atoms with Crippen LogP contribution >= 0.6 is 55.1 Å². The Morgan fingerprint density at radius 3 is 2.29 bits per heavy atom. The largest absolute Gasteiger partial charge is 0.478 e. The minimum absolute atomic E-state index is 0.227. The third-order valence-electron chi connectivity index (χ3n) is 2.76. The summed E-state index contributed by atoms with van der Waals surface area (Å²) < 4.78 is 1.51. The number of rotatable bonds is 4. The molecule has 0 atom stereocenters. The first-order chi connectivity index (χ1) is 9.88. The molecule has 0 fully saturated rings. The summed E-state index contributed by atoms with van der Waals surface area (Å²) in [6, 6.07) is 8.34. The molecule has 7 heteroatoms. The van der Waals surface area contributed by atoms with Gasteiger partial charge in [-0.3, -0.25) is 0 Å². The van der Waals surface area contributed by atoms with Crippen molar-refractivity contribution in [1.82, 2.24) is 0 Å². The van der Waals surface area contributed by atoms with E-state index in [-0.39, 0.29) is 5.56 Å². The highest BCUT2D eigenvalue weighted by molar-refractivity contribution is 9.10. The normalized spacial score (nSPS) is 10.5. The zero-order valence-corrected chi connectivity index (χ0v) is 15.1. The molecular weight excluding hydrogens is 445 g/mol. The molecule has 0 saturated carbocycles. The van der Waals surface area contributed by atoms with Gasteiger partial charge in [0.1, 0.15) is 0 Å². The van der Waals surface area contributed by atoms with Crippen molar-refractivity contribution in [2.24, 2.45) is 0 Å². The van der Waals surface area contributed by atoms with Crippen LogP contribution in [0.3, 0.4) is 0 Å². The summed E-state index contributed by atoms with van der Waals surface area (Å²) in [5.74, 6) is -0.964. The number of hydrogen-bond acceptors (Lipinski definition) is 2. The number of nitrogens with one attached hydrogen (secondary N) is 1. The lowest BCUT2D eigenvalue weighted by Crippen LogP contribution is -2.03. The minimum Gasteiger partial charge on any atom is -0.478 e. The Hall–Kier alpha value is -0.750. The highest BCUT2D eigenvalue weighted by Gasteiger charge is 2.10. The molecule has 2 aromatic rings. The Balaban J connectivity index is 2.19. The van der Waals surface area contributed by atoms with Crippen molar-refractivity contribution in [1.29, 1.82) is 0 Å². The van der Waals surface area contributed by atoms with Crippen LogP contribution in [0.5, 0.6) is 0 Å². The third kappa shape index (κ3) is 4.13. The molecule has 0 amide bonds. The van der Waals surface area contributed by atoms with E-state index in [9.17, 15) is 4.79 Å². The van der Waals surface area contributed by atoms with E-state index < -0.39 is 5.97 Å². The van der Waals surface area contributed by atoms with Gasteiger partial charge in [0, 0.05) is 15.5 Å². The van der Waals surface area contributed by atoms with Crippen LogP contribution in [0.25, 0.3) is 0 Å². The van der Waals surface area contributed by atoms with E-state index >= 15 is 0 Å².